The first-order valence-corrected chi connectivity index (χ1v) is 7.34. The smallest absolute Gasteiger partial charge is 0.309 e. The van der Waals surface area contributed by atoms with Gasteiger partial charge in [-0.05, 0) is 50.9 Å². The Morgan fingerprint density at radius 3 is 2.47 bits per heavy atom. The lowest BCUT2D eigenvalue weighted by atomic mass is 9.83. The van der Waals surface area contributed by atoms with Crippen molar-refractivity contribution in [2.24, 2.45) is 17.8 Å². The summed E-state index contributed by atoms with van der Waals surface area (Å²) in [4.78, 5) is 12.0. The first kappa shape index (κ1) is 14.3. The molecule has 3 nitrogen and oxygen atoms in total. The second-order valence-corrected chi connectivity index (χ2v) is 6.09. The molecule has 2 rings (SSSR count). The number of nitriles is 1. The van der Waals surface area contributed by atoms with Crippen LogP contribution in [-0.4, -0.2) is 18.2 Å². The lowest BCUT2D eigenvalue weighted by Crippen LogP contribution is -2.36. The largest absolute Gasteiger partial charge is 0.459 e. The number of rotatable bonds is 2. The summed E-state index contributed by atoms with van der Waals surface area (Å²) < 4.78 is 19.2. The number of alkyl halides is 1. The van der Waals surface area contributed by atoms with Crippen molar-refractivity contribution >= 4 is 5.97 Å². The maximum atomic E-state index is 13.8. The molecule has 0 heterocycles. The maximum Gasteiger partial charge on any atom is 0.309 e. The minimum absolute atomic E-state index is 0.0444. The van der Waals surface area contributed by atoms with E-state index in [1.54, 1.807) is 0 Å². The fraction of sp³-hybridized carbons (Fsp3) is 0.867. The van der Waals surface area contributed by atoms with Crippen LogP contribution in [0.3, 0.4) is 0 Å². The normalized spacial score (nSPS) is 39.3. The van der Waals surface area contributed by atoms with Crippen LogP contribution in [0.5, 0.6) is 0 Å². The number of ether oxygens (including phenoxy) is 1. The van der Waals surface area contributed by atoms with Gasteiger partial charge in [0.25, 0.3) is 0 Å². The van der Waals surface area contributed by atoms with Crippen molar-refractivity contribution in [1.82, 2.24) is 0 Å². The summed E-state index contributed by atoms with van der Waals surface area (Å²) in [7, 11) is 0. The van der Waals surface area contributed by atoms with Gasteiger partial charge in [0.15, 0.2) is 0 Å². The number of nitrogens with zero attached hydrogens (tertiary/aromatic N) is 1. The molecule has 0 aromatic carbocycles. The number of hydrogen-bond donors (Lipinski definition) is 0. The highest BCUT2D eigenvalue weighted by Gasteiger charge is 2.35. The molecular weight excluding hydrogens is 245 g/mol. The molecule has 0 aromatic rings. The second-order valence-electron chi connectivity index (χ2n) is 6.09. The summed E-state index contributed by atoms with van der Waals surface area (Å²) >= 11 is 0. The molecular formula is C15H22FNO2. The standard InChI is InChI=1S/C15H22FNO2/c1-10-2-5-12(6-3-10)15(18)19-14-7-4-11(9-17)8-13(14)16/h10-14H,2-8H2,1H3. The van der Waals surface area contributed by atoms with Gasteiger partial charge in [0, 0.05) is 5.92 Å². The lowest BCUT2D eigenvalue weighted by Gasteiger charge is -2.31. The van der Waals surface area contributed by atoms with Crippen molar-refractivity contribution < 1.29 is 13.9 Å². The van der Waals surface area contributed by atoms with E-state index in [-0.39, 0.29) is 24.2 Å². The minimum atomic E-state index is -1.18. The van der Waals surface area contributed by atoms with Gasteiger partial charge in [-0.25, -0.2) is 4.39 Å². The van der Waals surface area contributed by atoms with E-state index in [0.29, 0.717) is 18.8 Å². The summed E-state index contributed by atoms with van der Waals surface area (Å²) in [5.41, 5.74) is 0. The lowest BCUT2D eigenvalue weighted by molar-refractivity contribution is -0.161. The average Bonchev–Trinajstić information content (AvgIpc) is 2.41. The monoisotopic (exact) mass is 267 g/mol. The highest BCUT2D eigenvalue weighted by Crippen LogP contribution is 2.32. The van der Waals surface area contributed by atoms with Crippen molar-refractivity contribution in [3.8, 4) is 6.07 Å². The molecule has 2 fully saturated rings. The van der Waals surface area contributed by atoms with E-state index in [1.807, 2.05) is 0 Å². The predicted octanol–water partition coefficient (Wildman–Crippen LogP) is 3.39. The van der Waals surface area contributed by atoms with Crippen LogP contribution in [0.25, 0.3) is 0 Å². The predicted molar refractivity (Wildman–Crippen MR) is 68.9 cm³/mol. The molecule has 106 valence electrons. The number of esters is 1. The summed E-state index contributed by atoms with van der Waals surface area (Å²) in [6.07, 6.45) is 3.36. The molecule has 0 aromatic heterocycles. The third-order valence-electron chi connectivity index (χ3n) is 4.51. The zero-order chi connectivity index (χ0) is 13.8. The van der Waals surface area contributed by atoms with Gasteiger partial charge in [-0.2, -0.15) is 5.26 Å². The molecule has 0 bridgehead atoms. The Morgan fingerprint density at radius 2 is 1.89 bits per heavy atom. The Labute approximate surface area is 114 Å². The van der Waals surface area contributed by atoms with Gasteiger partial charge in [0.05, 0.1) is 12.0 Å². The molecule has 4 heteroatoms. The third kappa shape index (κ3) is 3.68. The molecule has 0 radical (unpaired) electrons. The molecule has 3 unspecified atom stereocenters. The van der Waals surface area contributed by atoms with Crippen molar-refractivity contribution in [2.75, 3.05) is 0 Å². The molecule has 2 aliphatic carbocycles. The number of halogens is 1. The summed E-state index contributed by atoms with van der Waals surface area (Å²) in [6.45, 7) is 2.20. The minimum Gasteiger partial charge on any atom is -0.459 e. The second kappa shape index (κ2) is 6.36. The van der Waals surface area contributed by atoms with Crippen molar-refractivity contribution in [2.45, 2.75) is 64.1 Å². The highest BCUT2D eigenvalue weighted by atomic mass is 19.1. The molecule has 2 saturated carbocycles. The van der Waals surface area contributed by atoms with E-state index in [2.05, 4.69) is 13.0 Å². The molecule has 2 aliphatic rings. The van der Waals surface area contributed by atoms with Crippen molar-refractivity contribution in [3.05, 3.63) is 0 Å². The SMILES string of the molecule is CC1CCC(C(=O)OC2CCC(C#N)CC2F)CC1. The molecule has 0 amide bonds. The molecule has 0 N–H and O–H groups in total. The first-order valence-electron chi connectivity index (χ1n) is 7.34. The number of hydrogen-bond acceptors (Lipinski definition) is 3. The van der Waals surface area contributed by atoms with Gasteiger partial charge in [0.1, 0.15) is 12.3 Å². The Bertz CT molecular complexity index is 358. The Kier molecular flexibility index (Phi) is 4.79. The third-order valence-corrected chi connectivity index (χ3v) is 4.51. The average molecular weight is 267 g/mol. The fourth-order valence-electron chi connectivity index (χ4n) is 3.08. The van der Waals surface area contributed by atoms with Gasteiger partial charge in [0.2, 0.25) is 0 Å². The van der Waals surface area contributed by atoms with Gasteiger partial charge < -0.3 is 4.74 Å². The zero-order valence-corrected chi connectivity index (χ0v) is 11.5. The van der Waals surface area contributed by atoms with Gasteiger partial charge in [-0.1, -0.05) is 6.92 Å². The van der Waals surface area contributed by atoms with Crippen LogP contribution in [0, 0.1) is 29.1 Å². The molecule has 0 saturated heterocycles. The van der Waals surface area contributed by atoms with E-state index in [9.17, 15) is 9.18 Å². The van der Waals surface area contributed by atoms with Crippen LogP contribution in [-0.2, 0) is 9.53 Å². The Morgan fingerprint density at radius 1 is 1.21 bits per heavy atom. The number of carbonyl (C=O) groups is 1. The van der Waals surface area contributed by atoms with Crippen molar-refractivity contribution in [3.63, 3.8) is 0 Å². The number of carbonyl (C=O) groups excluding carboxylic acids is 1. The van der Waals surface area contributed by atoms with Crippen LogP contribution in [0.2, 0.25) is 0 Å². The van der Waals surface area contributed by atoms with E-state index in [4.69, 9.17) is 10.00 Å². The Balaban J connectivity index is 1.81. The van der Waals surface area contributed by atoms with Gasteiger partial charge in [-0.3, -0.25) is 4.79 Å². The van der Waals surface area contributed by atoms with E-state index >= 15 is 0 Å². The molecule has 0 aliphatic heterocycles. The molecule has 0 spiro atoms. The summed E-state index contributed by atoms with van der Waals surface area (Å²) in [6, 6.07) is 2.10. The Hall–Kier alpha value is -1.11. The first-order chi connectivity index (χ1) is 9.10. The summed E-state index contributed by atoms with van der Waals surface area (Å²) in [5, 5.41) is 8.78. The van der Waals surface area contributed by atoms with Crippen molar-refractivity contribution in [1.29, 1.82) is 5.26 Å². The van der Waals surface area contributed by atoms with Gasteiger partial charge >= 0.3 is 5.97 Å². The van der Waals surface area contributed by atoms with Crippen LogP contribution in [0.1, 0.15) is 51.9 Å². The van der Waals surface area contributed by atoms with Gasteiger partial charge in [-0.15, -0.1) is 0 Å². The van der Waals surface area contributed by atoms with E-state index in [1.165, 1.54) is 0 Å². The van der Waals surface area contributed by atoms with E-state index < -0.39 is 12.3 Å². The van der Waals surface area contributed by atoms with Crippen LogP contribution >= 0.6 is 0 Å². The quantitative estimate of drug-likeness (QED) is 0.721. The maximum absolute atomic E-state index is 13.8. The van der Waals surface area contributed by atoms with Crippen LogP contribution in [0.15, 0.2) is 0 Å². The highest BCUT2D eigenvalue weighted by molar-refractivity contribution is 5.72. The molecule has 3 atom stereocenters. The topological polar surface area (TPSA) is 50.1 Å². The fourth-order valence-corrected chi connectivity index (χ4v) is 3.08. The van der Waals surface area contributed by atoms with Crippen LogP contribution < -0.4 is 0 Å². The van der Waals surface area contributed by atoms with E-state index in [0.717, 1.165) is 25.7 Å². The zero-order valence-electron chi connectivity index (χ0n) is 11.5. The van der Waals surface area contributed by atoms with Crippen LogP contribution in [0.4, 0.5) is 4.39 Å². The summed E-state index contributed by atoms with van der Waals surface area (Å²) in [5.74, 6) is 0.191. The molecule has 19 heavy (non-hydrogen) atoms.